The lowest BCUT2D eigenvalue weighted by Crippen LogP contribution is -2.50. The molecule has 1 unspecified atom stereocenters. The Balaban J connectivity index is 1.42. The maximum Gasteiger partial charge on any atom is 0.335 e. The van der Waals surface area contributed by atoms with Crippen LogP contribution in [0, 0.1) is 11.3 Å². The Morgan fingerprint density at radius 2 is 1.97 bits per heavy atom. The average molecular weight is 532 g/mol. The lowest BCUT2D eigenvalue weighted by atomic mass is 9.96. The number of carbonyl (C=O) groups excluding carboxylic acids is 1. The molecule has 11 heteroatoms. The molecule has 0 fully saturated rings. The van der Waals surface area contributed by atoms with E-state index in [1.54, 1.807) is 64.3 Å². The highest BCUT2D eigenvalue weighted by Crippen LogP contribution is 2.25. The van der Waals surface area contributed by atoms with Crippen molar-refractivity contribution in [1.82, 2.24) is 19.2 Å². The van der Waals surface area contributed by atoms with Crippen molar-refractivity contribution in [1.29, 1.82) is 5.26 Å². The molecule has 0 bridgehead atoms. The van der Waals surface area contributed by atoms with Crippen LogP contribution in [0.4, 0.5) is 0 Å². The van der Waals surface area contributed by atoms with Gasteiger partial charge in [-0.2, -0.15) is 9.98 Å². The lowest BCUT2D eigenvalue weighted by molar-refractivity contribution is -0.134. The van der Waals surface area contributed by atoms with Gasteiger partial charge in [0.1, 0.15) is 17.8 Å². The molecule has 0 spiro atoms. The smallest absolute Gasteiger partial charge is 0.335 e. The highest BCUT2D eigenvalue weighted by Gasteiger charge is 2.32. The van der Waals surface area contributed by atoms with Crippen LogP contribution in [0.2, 0.25) is 0 Å². The van der Waals surface area contributed by atoms with Gasteiger partial charge in [0.25, 0.3) is 0 Å². The Labute approximate surface area is 219 Å². The molecule has 3 heterocycles. The summed E-state index contributed by atoms with van der Waals surface area (Å²) in [5, 5.41) is 19.1. The number of aromatic nitrogens is 2. The number of aryl methyl sites for hydroxylation is 1. The molecule has 0 radical (unpaired) electrons. The van der Waals surface area contributed by atoms with Gasteiger partial charge in [-0.1, -0.05) is 12.1 Å². The average Bonchev–Trinajstić information content (AvgIpc) is 3.59. The number of nitrogens with zero attached hydrogens (tertiary/aromatic N) is 3. The van der Waals surface area contributed by atoms with Gasteiger partial charge in [0.15, 0.2) is 0 Å². The fourth-order valence-electron chi connectivity index (χ4n) is 4.85. The normalized spacial score (nSPS) is 14.1. The van der Waals surface area contributed by atoms with E-state index in [1.165, 1.54) is 12.1 Å². The number of amides is 1. The molecule has 0 saturated heterocycles. The van der Waals surface area contributed by atoms with Crippen molar-refractivity contribution < 1.29 is 23.1 Å². The topological polar surface area (TPSA) is 148 Å². The third kappa shape index (κ3) is 4.91. The number of H-pyrrole nitrogens is 1. The molecule has 5 rings (SSSR count). The minimum Gasteiger partial charge on any atom is -0.478 e. The maximum atomic E-state index is 13.7. The fourth-order valence-corrected chi connectivity index (χ4v) is 6.29. The number of nitriles is 1. The van der Waals surface area contributed by atoms with Crippen molar-refractivity contribution in [2.75, 3.05) is 6.54 Å². The Bertz CT molecular complexity index is 1680. The lowest BCUT2D eigenvalue weighted by Gasteiger charge is -2.32. The minimum absolute atomic E-state index is 0.0675. The zero-order chi connectivity index (χ0) is 26.9. The molecule has 2 aromatic heterocycles. The SMILES string of the molecule is N#Cc1cccn1CCC(NS(=O)(=O)c1cccc2[nH]ccc12)C(=O)N1CCc2cc(C(=O)O)ccc2C1. The van der Waals surface area contributed by atoms with Gasteiger partial charge >= 0.3 is 5.97 Å². The third-order valence-corrected chi connectivity index (χ3v) is 8.35. The van der Waals surface area contributed by atoms with Gasteiger partial charge < -0.3 is 19.6 Å². The molecule has 4 aromatic rings. The van der Waals surface area contributed by atoms with E-state index in [1.807, 2.05) is 0 Å². The van der Waals surface area contributed by atoms with E-state index in [4.69, 9.17) is 0 Å². The highest BCUT2D eigenvalue weighted by atomic mass is 32.2. The molecule has 38 heavy (non-hydrogen) atoms. The predicted molar refractivity (Wildman–Crippen MR) is 139 cm³/mol. The van der Waals surface area contributed by atoms with Crippen molar-refractivity contribution in [3.8, 4) is 6.07 Å². The number of nitrogens with one attached hydrogen (secondary N) is 2. The summed E-state index contributed by atoms with van der Waals surface area (Å²) in [6.45, 7) is 0.829. The first-order chi connectivity index (χ1) is 18.3. The Kier molecular flexibility index (Phi) is 6.75. The first-order valence-electron chi connectivity index (χ1n) is 12.0. The molecule has 10 nitrogen and oxygen atoms in total. The molecule has 1 aliphatic rings. The number of fused-ring (bicyclic) bond motifs is 2. The van der Waals surface area contributed by atoms with Gasteiger partial charge in [-0.05, 0) is 66.4 Å². The molecular weight excluding hydrogens is 506 g/mol. The van der Waals surface area contributed by atoms with Crippen LogP contribution in [0.25, 0.3) is 10.9 Å². The molecular formula is C27H25N5O5S. The summed E-state index contributed by atoms with van der Waals surface area (Å²) in [5.41, 5.74) is 2.95. The summed E-state index contributed by atoms with van der Waals surface area (Å²) >= 11 is 0. The standard InChI is InChI=1S/C27H25N5O5S/c28-16-21-3-2-12-31(21)14-10-24(30-38(36,37)25-5-1-4-23-22(25)8-11-29-23)26(33)32-13-9-18-15-19(27(34)35)6-7-20(18)17-32/h1-8,11-12,15,24,29-30H,9-10,13-14,17H2,(H,34,35). The summed E-state index contributed by atoms with van der Waals surface area (Å²) in [5.74, 6) is -1.39. The van der Waals surface area contributed by atoms with Crippen molar-refractivity contribution in [3.63, 3.8) is 0 Å². The number of carbonyl (C=O) groups is 2. The third-order valence-electron chi connectivity index (χ3n) is 6.82. The number of carboxylic acids is 1. The van der Waals surface area contributed by atoms with E-state index in [0.29, 0.717) is 29.6 Å². The van der Waals surface area contributed by atoms with Crippen LogP contribution in [-0.2, 0) is 34.3 Å². The van der Waals surface area contributed by atoms with Crippen LogP contribution in [0.5, 0.6) is 0 Å². The Hall–Kier alpha value is -4.40. The number of aromatic carboxylic acids is 1. The summed E-state index contributed by atoms with van der Waals surface area (Å²) < 4.78 is 31.3. The molecule has 0 aliphatic carbocycles. The second-order valence-corrected chi connectivity index (χ2v) is 10.8. The summed E-state index contributed by atoms with van der Waals surface area (Å²) in [7, 11) is -4.08. The van der Waals surface area contributed by atoms with E-state index >= 15 is 0 Å². The van der Waals surface area contributed by atoms with Gasteiger partial charge in [-0.3, -0.25) is 4.79 Å². The largest absolute Gasteiger partial charge is 0.478 e. The Morgan fingerprint density at radius 1 is 1.13 bits per heavy atom. The van der Waals surface area contributed by atoms with Crippen LogP contribution in [0.15, 0.2) is 71.9 Å². The number of benzene rings is 2. The highest BCUT2D eigenvalue weighted by molar-refractivity contribution is 7.89. The number of sulfonamides is 1. The summed E-state index contributed by atoms with van der Waals surface area (Å²) in [6, 6.07) is 15.8. The zero-order valence-electron chi connectivity index (χ0n) is 20.3. The van der Waals surface area contributed by atoms with E-state index in [-0.39, 0.29) is 35.9 Å². The van der Waals surface area contributed by atoms with Gasteiger partial charge in [0, 0.05) is 42.9 Å². The van der Waals surface area contributed by atoms with Gasteiger partial charge in [0.05, 0.1) is 10.5 Å². The van der Waals surface area contributed by atoms with Crippen molar-refractivity contribution in [2.24, 2.45) is 0 Å². The van der Waals surface area contributed by atoms with E-state index in [2.05, 4.69) is 15.8 Å². The molecule has 1 aliphatic heterocycles. The van der Waals surface area contributed by atoms with Gasteiger partial charge in [-0.25, -0.2) is 13.2 Å². The molecule has 3 N–H and O–H groups in total. The summed E-state index contributed by atoms with van der Waals surface area (Å²) in [6.07, 6.45) is 3.96. The van der Waals surface area contributed by atoms with E-state index < -0.39 is 22.0 Å². The molecule has 1 amide bonds. The monoisotopic (exact) mass is 531 g/mol. The fraction of sp³-hybridized carbons (Fsp3) is 0.222. The molecule has 194 valence electrons. The quantitative estimate of drug-likeness (QED) is 0.318. The number of hydrogen-bond donors (Lipinski definition) is 3. The molecule has 2 aromatic carbocycles. The van der Waals surface area contributed by atoms with Crippen LogP contribution >= 0.6 is 0 Å². The predicted octanol–water partition coefficient (Wildman–Crippen LogP) is 2.86. The Morgan fingerprint density at radius 3 is 2.76 bits per heavy atom. The second-order valence-electron chi connectivity index (χ2n) is 9.15. The van der Waals surface area contributed by atoms with E-state index in [9.17, 15) is 28.4 Å². The van der Waals surface area contributed by atoms with Crippen molar-refractivity contribution in [3.05, 3.63) is 89.4 Å². The van der Waals surface area contributed by atoms with E-state index in [0.717, 1.165) is 11.1 Å². The van der Waals surface area contributed by atoms with Crippen LogP contribution in [-0.4, -0.2) is 52.4 Å². The number of rotatable bonds is 8. The summed E-state index contributed by atoms with van der Waals surface area (Å²) in [4.78, 5) is 29.7. The first kappa shape index (κ1) is 25.3. The maximum absolute atomic E-state index is 13.7. The number of carboxylic acid groups (broad SMARTS) is 1. The van der Waals surface area contributed by atoms with Crippen LogP contribution in [0.3, 0.4) is 0 Å². The number of hydrogen-bond acceptors (Lipinski definition) is 5. The molecule has 1 atom stereocenters. The number of aromatic amines is 1. The van der Waals surface area contributed by atoms with Crippen molar-refractivity contribution in [2.45, 2.75) is 36.9 Å². The zero-order valence-corrected chi connectivity index (χ0v) is 21.1. The van der Waals surface area contributed by atoms with Gasteiger partial charge in [-0.15, -0.1) is 0 Å². The van der Waals surface area contributed by atoms with Gasteiger partial charge in [0.2, 0.25) is 15.9 Å². The van der Waals surface area contributed by atoms with Crippen LogP contribution in [0.1, 0.15) is 33.6 Å². The second kappa shape index (κ2) is 10.2. The first-order valence-corrected chi connectivity index (χ1v) is 13.5. The molecule has 0 saturated carbocycles. The van der Waals surface area contributed by atoms with Crippen LogP contribution < -0.4 is 4.72 Å². The van der Waals surface area contributed by atoms with Crippen molar-refractivity contribution >= 4 is 32.8 Å². The minimum atomic E-state index is -4.08.